The molecule has 0 saturated carbocycles. The molecule has 1 N–H and O–H groups in total. The number of anilines is 1. The summed E-state index contributed by atoms with van der Waals surface area (Å²) in [5.41, 5.74) is 0.525. The molecule has 0 aliphatic heterocycles. The molecule has 0 spiro atoms. The largest absolute Gasteiger partial charge is 0.493 e. The van der Waals surface area contributed by atoms with Gasteiger partial charge in [-0.15, -0.1) is 11.8 Å². The molecule has 23 heavy (non-hydrogen) atoms. The van der Waals surface area contributed by atoms with Crippen LogP contribution in [0.15, 0.2) is 47.4 Å². The maximum Gasteiger partial charge on any atom is 0.387 e. The van der Waals surface area contributed by atoms with Gasteiger partial charge >= 0.3 is 6.61 Å². The number of carbonyl (C=O) groups is 1. The quantitative estimate of drug-likeness (QED) is 0.799. The van der Waals surface area contributed by atoms with Gasteiger partial charge in [-0.25, -0.2) is 0 Å². The van der Waals surface area contributed by atoms with E-state index in [1.54, 1.807) is 23.9 Å². The van der Waals surface area contributed by atoms with Gasteiger partial charge in [0.1, 0.15) is 0 Å². The van der Waals surface area contributed by atoms with Gasteiger partial charge in [-0.05, 0) is 42.7 Å². The lowest BCUT2D eigenvalue weighted by molar-refractivity contribution is -0.0515. The van der Waals surface area contributed by atoms with Gasteiger partial charge < -0.3 is 14.8 Å². The molecule has 1 amide bonds. The number of hydrogen-bond donors (Lipinski definition) is 1. The Bertz CT molecular complexity index is 678. The van der Waals surface area contributed by atoms with Crippen LogP contribution in [0.1, 0.15) is 10.4 Å². The summed E-state index contributed by atoms with van der Waals surface area (Å²) >= 11 is 1.57. The summed E-state index contributed by atoms with van der Waals surface area (Å²) in [6.07, 6.45) is 1.94. The number of carbonyl (C=O) groups excluding carboxylic acids is 1. The molecule has 0 atom stereocenters. The molecule has 0 fully saturated rings. The summed E-state index contributed by atoms with van der Waals surface area (Å²) in [4.78, 5) is 13.4. The maximum atomic E-state index is 12.6. The molecule has 2 rings (SSSR count). The third kappa shape index (κ3) is 4.35. The second-order valence-corrected chi connectivity index (χ2v) is 5.28. The number of benzene rings is 2. The van der Waals surface area contributed by atoms with E-state index in [-0.39, 0.29) is 17.1 Å². The van der Waals surface area contributed by atoms with Crippen molar-refractivity contribution >= 4 is 23.4 Å². The molecule has 2 aromatic rings. The van der Waals surface area contributed by atoms with Crippen molar-refractivity contribution < 1.29 is 23.0 Å². The molecule has 0 aromatic heterocycles. The third-order valence-corrected chi connectivity index (χ3v) is 3.74. The Morgan fingerprint density at radius 1 is 1.17 bits per heavy atom. The van der Waals surface area contributed by atoms with E-state index in [0.29, 0.717) is 5.69 Å². The van der Waals surface area contributed by atoms with Gasteiger partial charge in [0.25, 0.3) is 5.91 Å². The average Bonchev–Trinajstić information content (AvgIpc) is 2.55. The van der Waals surface area contributed by atoms with E-state index in [0.717, 1.165) is 4.90 Å². The fraction of sp³-hybridized carbons (Fsp3) is 0.188. The van der Waals surface area contributed by atoms with Gasteiger partial charge in [0.05, 0.1) is 12.7 Å². The molecule has 0 bridgehead atoms. The number of amides is 1. The summed E-state index contributed by atoms with van der Waals surface area (Å²) in [6, 6.07) is 11.5. The lowest BCUT2D eigenvalue weighted by Gasteiger charge is -2.14. The van der Waals surface area contributed by atoms with Crippen molar-refractivity contribution in [3.8, 4) is 11.5 Å². The molecular weight excluding hydrogens is 324 g/mol. The number of nitrogens with one attached hydrogen (secondary N) is 1. The summed E-state index contributed by atoms with van der Waals surface area (Å²) in [5.74, 6) is -0.782. The molecule has 0 heterocycles. The van der Waals surface area contributed by atoms with Crippen molar-refractivity contribution in [3.63, 3.8) is 0 Å². The minimum absolute atomic E-state index is 0.0291. The zero-order valence-corrected chi connectivity index (χ0v) is 13.3. The van der Waals surface area contributed by atoms with Crippen molar-refractivity contribution in [1.82, 2.24) is 0 Å². The van der Waals surface area contributed by atoms with Crippen molar-refractivity contribution in [2.75, 3.05) is 18.7 Å². The van der Waals surface area contributed by atoms with Crippen LogP contribution in [0.25, 0.3) is 0 Å². The lowest BCUT2D eigenvalue weighted by atomic mass is 10.1. The molecule has 0 aliphatic carbocycles. The van der Waals surface area contributed by atoms with Gasteiger partial charge in [0, 0.05) is 10.6 Å². The standard InChI is InChI=1S/C16H15F2NO3S/c1-21-13-5-3-4-12(14(13)22-16(17)18)15(20)19-10-6-8-11(23-2)9-7-10/h3-9,16H,1-2H3,(H,19,20). The summed E-state index contributed by atoms with van der Waals surface area (Å²) in [7, 11) is 1.32. The van der Waals surface area contributed by atoms with Crippen LogP contribution in [0.2, 0.25) is 0 Å². The molecule has 122 valence electrons. The molecule has 0 unspecified atom stereocenters. The SMILES string of the molecule is COc1cccc(C(=O)Nc2ccc(SC)cc2)c1OC(F)F. The molecule has 7 heteroatoms. The predicted octanol–water partition coefficient (Wildman–Crippen LogP) is 4.27. The Kier molecular flexibility index (Phi) is 5.81. The molecule has 2 aromatic carbocycles. The van der Waals surface area contributed by atoms with Crippen LogP contribution in [0, 0.1) is 0 Å². The Morgan fingerprint density at radius 3 is 2.43 bits per heavy atom. The van der Waals surface area contributed by atoms with Crippen molar-refractivity contribution in [2.45, 2.75) is 11.5 Å². The first-order chi connectivity index (χ1) is 11.0. The van der Waals surface area contributed by atoms with E-state index in [9.17, 15) is 13.6 Å². The smallest absolute Gasteiger partial charge is 0.387 e. The first-order valence-corrected chi connectivity index (χ1v) is 7.85. The summed E-state index contributed by atoms with van der Waals surface area (Å²) < 4.78 is 34.6. The third-order valence-electron chi connectivity index (χ3n) is 3.00. The Balaban J connectivity index is 2.27. The highest BCUT2D eigenvalue weighted by Crippen LogP contribution is 2.33. The second kappa shape index (κ2) is 7.82. The summed E-state index contributed by atoms with van der Waals surface area (Å²) in [6.45, 7) is -3.06. The van der Waals surface area contributed by atoms with Gasteiger partial charge in [0.2, 0.25) is 0 Å². The number of thioether (sulfide) groups is 1. The molecule has 0 radical (unpaired) electrons. The normalized spacial score (nSPS) is 10.5. The highest BCUT2D eigenvalue weighted by Gasteiger charge is 2.20. The minimum atomic E-state index is -3.06. The summed E-state index contributed by atoms with van der Waals surface area (Å²) in [5, 5.41) is 2.65. The van der Waals surface area contributed by atoms with E-state index in [4.69, 9.17) is 4.74 Å². The monoisotopic (exact) mass is 339 g/mol. The fourth-order valence-electron chi connectivity index (χ4n) is 1.94. The number of hydrogen-bond acceptors (Lipinski definition) is 4. The van der Waals surface area contributed by atoms with Crippen LogP contribution in [0.3, 0.4) is 0 Å². The second-order valence-electron chi connectivity index (χ2n) is 4.40. The zero-order chi connectivity index (χ0) is 16.8. The van der Waals surface area contributed by atoms with Crippen LogP contribution in [0.4, 0.5) is 14.5 Å². The van der Waals surface area contributed by atoms with Gasteiger partial charge in [0.15, 0.2) is 11.5 Å². The Labute approximate surface area is 136 Å². The molecular formula is C16H15F2NO3S. The van der Waals surface area contributed by atoms with Gasteiger partial charge in [-0.3, -0.25) is 4.79 Å². The number of rotatable bonds is 6. The van der Waals surface area contributed by atoms with E-state index < -0.39 is 12.5 Å². The van der Waals surface area contributed by atoms with Crippen LogP contribution in [-0.2, 0) is 0 Å². The van der Waals surface area contributed by atoms with Crippen LogP contribution in [-0.4, -0.2) is 25.9 Å². The van der Waals surface area contributed by atoms with Gasteiger partial charge in [-0.2, -0.15) is 8.78 Å². The van der Waals surface area contributed by atoms with Crippen molar-refractivity contribution in [3.05, 3.63) is 48.0 Å². The van der Waals surface area contributed by atoms with E-state index in [1.165, 1.54) is 25.3 Å². The average molecular weight is 339 g/mol. The Morgan fingerprint density at radius 2 is 1.87 bits per heavy atom. The van der Waals surface area contributed by atoms with Gasteiger partial charge in [-0.1, -0.05) is 6.07 Å². The molecule has 4 nitrogen and oxygen atoms in total. The maximum absolute atomic E-state index is 12.6. The van der Waals surface area contributed by atoms with E-state index in [2.05, 4.69) is 10.1 Å². The molecule has 0 saturated heterocycles. The topological polar surface area (TPSA) is 47.6 Å². The fourth-order valence-corrected chi connectivity index (χ4v) is 2.35. The van der Waals surface area contributed by atoms with Crippen LogP contribution < -0.4 is 14.8 Å². The predicted molar refractivity (Wildman–Crippen MR) is 85.8 cm³/mol. The van der Waals surface area contributed by atoms with Crippen LogP contribution in [0.5, 0.6) is 11.5 Å². The number of ether oxygens (including phenoxy) is 2. The highest BCUT2D eigenvalue weighted by molar-refractivity contribution is 7.98. The zero-order valence-electron chi connectivity index (χ0n) is 12.5. The number of alkyl halides is 2. The van der Waals surface area contributed by atoms with Crippen molar-refractivity contribution in [2.24, 2.45) is 0 Å². The number of methoxy groups -OCH3 is 1. The lowest BCUT2D eigenvalue weighted by Crippen LogP contribution is -2.15. The highest BCUT2D eigenvalue weighted by atomic mass is 32.2. The first-order valence-electron chi connectivity index (χ1n) is 6.62. The van der Waals surface area contributed by atoms with Crippen LogP contribution >= 0.6 is 11.8 Å². The van der Waals surface area contributed by atoms with E-state index >= 15 is 0 Å². The molecule has 0 aliphatic rings. The Hall–Kier alpha value is -2.28. The number of para-hydroxylation sites is 1. The first kappa shape index (κ1) is 17.1. The minimum Gasteiger partial charge on any atom is -0.493 e. The number of halogens is 2. The van der Waals surface area contributed by atoms with Crippen molar-refractivity contribution in [1.29, 1.82) is 0 Å². The van der Waals surface area contributed by atoms with E-state index in [1.807, 2.05) is 18.4 Å².